The summed E-state index contributed by atoms with van der Waals surface area (Å²) < 4.78 is 0. The number of hydrogen-bond donors (Lipinski definition) is 0. The molecule has 2 aliphatic heterocycles. The van der Waals surface area contributed by atoms with E-state index in [0.29, 0.717) is 17.9 Å². The summed E-state index contributed by atoms with van der Waals surface area (Å²) in [5, 5.41) is 0. The Bertz CT molecular complexity index is 332. The van der Waals surface area contributed by atoms with E-state index in [4.69, 9.17) is 0 Å². The van der Waals surface area contributed by atoms with Gasteiger partial charge >= 0.3 is 0 Å². The molecule has 1 fully saturated rings. The highest BCUT2D eigenvalue weighted by molar-refractivity contribution is 5.77. The first-order valence-electron chi connectivity index (χ1n) is 8.43. The van der Waals surface area contributed by atoms with E-state index in [0.717, 1.165) is 25.8 Å². The summed E-state index contributed by atoms with van der Waals surface area (Å²) in [6.07, 6.45) is 11.0. The maximum absolute atomic E-state index is 12.5. The predicted octanol–water partition coefficient (Wildman–Crippen LogP) is 3.07. The fraction of sp³-hybridized carbons (Fsp3) is 0.824. The van der Waals surface area contributed by atoms with Crippen LogP contribution in [0.25, 0.3) is 0 Å². The molecule has 0 N–H and O–H groups in total. The van der Waals surface area contributed by atoms with Gasteiger partial charge in [-0.25, -0.2) is 0 Å². The Labute approximate surface area is 124 Å². The van der Waals surface area contributed by atoms with Crippen molar-refractivity contribution in [2.45, 2.75) is 58.4 Å². The van der Waals surface area contributed by atoms with Gasteiger partial charge in [0.2, 0.25) is 5.91 Å². The third-order valence-electron chi connectivity index (χ3n) is 4.68. The molecule has 0 unspecified atom stereocenters. The Balaban J connectivity index is 1.75. The van der Waals surface area contributed by atoms with Gasteiger partial charge in [0.05, 0.1) is 6.04 Å². The van der Waals surface area contributed by atoms with Gasteiger partial charge in [-0.1, -0.05) is 32.4 Å². The molecule has 1 saturated heterocycles. The van der Waals surface area contributed by atoms with Crippen molar-refractivity contribution >= 4 is 5.91 Å². The fourth-order valence-corrected chi connectivity index (χ4v) is 3.50. The second-order valence-electron chi connectivity index (χ2n) is 6.32. The summed E-state index contributed by atoms with van der Waals surface area (Å²) in [4.78, 5) is 17.1. The van der Waals surface area contributed by atoms with Crippen molar-refractivity contribution < 1.29 is 4.79 Å². The van der Waals surface area contributed by atoms with Crippen LogP contribution in [-0.2, 0) is 4.79 Å². The second-order valence-corrected chi connectivity index (χ2v) is 6.32. The standard InChI is InChI=1S/C17H30N2O/c1-3-6-16-7-5-11-19(16)17(20)14-15-8-12-18(10-4-2)13-9-15/h5,7,15-16H,3-4,6,8-14H2,1-2H3/t16-/m1/s1. The highest BCUT2D eigenvalue weighted by atomic mass is 16.2. The van der Waals surface area contributed by atoms with Gasteiger partial charge in [0.1, 0.15) is 0 Å². The van der Waals surface area contributed by atoms with Crippen LogP contribution in [0.3, 0.4) is 0 Å². The molecule has 1 atom stereocenters. The minimum atomic E-state index is 0.368. The van der Waals surface area contributed by atoms with Gasteiger partial charge in [-0.3, -0.25) is 4.79 Å². The van der Waals surface area contributed by atoms with Gasteiger partial charge in [-0.15, -0.1) is 0 Å². The van der Waals surface area contributed by atoms with Crippen LogP contribution in [0.2, 0.25) is 0 Å². The summed E-state index contributed by atoms with van der Waals surface area (Å²) in [5.74, 6) is 0.987. The Hall–Kier alpha value is -0.830. The van der Waals surface area contributed by atoms with Gasteiger partial charge in [0.25, 0.3) is 0 Å². The third kappa shape index (κ3) is 4.08. The number of rotatable bonds is 6. The first-order valence-corrected chi connectivity index (χ1v) is 8.43. The molecule has 0 aromatic heterocycles. The van der Waals surface area contributed by atoms with Crippen molar-refractivity contribution in [1.29, 1.82) is 0 Å². The number of carbonyl (C=O) groups is 1. The molecule has 0 aliphatic carbocycles. The van der Waals surface area contributed by atoms with Crippen molar-refractivity contribution in [3.63, 3.8) is 0 Å². The molecule has 3 heteroatoms. The Morgan fingerprint density at radius 1 is 1.20 bits per heavy atom. The molecule has 0 radical (unpaired) electrons. The zero-order valence-corrected chi connectivity index (χ0v) is 13.2. The zero-order valence-electron chi connectivity index (χ0n) is 13.2. The second kappa shape index (κ2) is 7.82. The van der Waals surface area contributed by atoms with E-state index in [-0.39, 0.29) is 0 Å². The Morgan fingerprint density at radius 3 is 2.60 bits per heavy atom. The number of nitrogens with zero attached hydrogens (tertiary/aromatic N) is 2. The van der Waals surface area contributed by atoms with E-state index in [1.807, 2.05) is 0 Å². The molecule has 114 valence electrons. The highest BCUT2D eigenvalue weighted by Crippen LogP contribution is 2.24. The summed E-state index contributed by atoms with van der Waals surface area (Å²) in [5.41, 5.74) is 0. The number of piperidine rings is 1. The number of hydrogen-bond acceptors (Lipinski definition) is 2. The van der Waals surface area contributed by atoms with E-state index in [1.54, 1.807) is 0 Å². The Kier molecular flexibility index (Phi) is 6.08. The largest absolute Gasteiger partial charge is 0.333 e. The first kappa shape index (κ1) is 15.6. The molecule has 2 rings (SSSR count). The average molecular weight is 278 g/mol. The van der Waals surface area contributed by atoms with E-state index < -0.39 is 0 Å². The monoisotopic (exact) mass is 278 g/mol. The third-order valence-corrected chi connectivity index (χ3v) is 4.68. The van der Waals surface area contributed by atoms with Crippen LogP contribution in [0.4, 0.5) is 0 Å². The van der Waals surface area contributed by atoms with E-state index in [9.17, 15) is 4.79 Å². The number of amides is 1. The summed E-state index contributed by atoms with van der Waals surface area (Å²) in [6.45, 7) is 8.85. The summed E-state index contributed by atoms with van der Waals surface area (Å²) in [7, 11) is 0. The molecule has 1 amide bonds. The van der Waals surface area contributed by atoms with Gasteiger partial charge in [-0.2, -0.15) is 0 Å². The normalized spacial score (nSPS) is 24.5. The number of likely N-dealkylation sites (tertiary alicyclic amines) is 1. The van der Waals surface area contributed by atoms with Gasteiger partial charge in [0, 0.05) is 13.0 Å². The topological polar surface area (TPSA) is 23.6 Å². The number of carbonyl (C=O) groups excluding carboxylic acids is 1. The lowest BCUT2D eigenvalue weighted by Gasteiger charge is -2.33. The average Bonchev–Trinajstić information content (AvgIpc) is 2.90. The SMILES string of the molecule is CCC[C@@H]1C=CCN1C(=O)CC1CCN(CCC)CC1. The maximum Gasteiger partial charge on any atom is 0.223 e. The molecule has 0 spiro atoms. The van der Waals surface area contributed by atoms with Crippen molar-refractivity contribution in [2.75, 3.05) is 26.2 Å². The van der Waals surface area contributed by atoms with Crippen LogP contribution in [0.15, 0.2) is 12.2 Å². The maximum atomic E-state index is 12.5. The molecule has 0 bridgehead atoms. The lowest BCUT2D eigenvalue weighted by molar-refractivity contribution is -0.133. The minimum absolute atomic E-state index is 0.368. The van der Waals surface area contributed by atoms with Crippen molar-refractivity contribution in [3.05, 3.63) is 12.2 Å². The van der Waals surface area contributed by atoms with E-state index in [1.165, 1.54) is 38.9 Å². The van der Waals surface area contributed by atoms with E-state index in [2.05, 4.69) is 35.8 Å². The van der Waals surface area contributed by atoms with Gasteiger partial charge in [0.15, 0.2) is 0 Å². The molecular weight excluding hydrogens is 248 g/mol. The van der Waals surface area contributed by atoms with Crippen LogP contribution >= 0.6 is 0 Å². The van der Waals surface area contributed by atoms with Crippen molar-refractivity contribution in [3.8, 4) is 0 Å². The quantitative estimate of drug-likeness (QED) is 0.697. The molecule has 0 aromatic carbocycles. The van der Waals surface area contributed by atoms with Crippen molar-refractivity contribution in [1.82, 2.24) is 9.80 Å². The zero-order chi connectivity index (χ0) is 14.4. The first-order chi connectivity index (χ1) is 9.74. The molecular formula is C17H30N2O. The Morgan fingerprint density at radius 2 is 1.95 bits per heavy atom. The summed E-state index contributed by atoms with van der Waals surface area (Å²) >= 11 is 0. The molecule has 2 heterocycles. The van der Waals surface area contributed by atoms with Gasteiger partial charge < -0.3 is 9.80 Å². The molecule has 2 aliphatic rings. The highest BCUT2D eigenvalue weighted by Gasteiger charge is 2.27. The van der Waals surface area contributed by atoms with Crippen molar-refractivity contribution in [2.24, 2.45) is 5.92 Å². The lowest BCUT2D eigenvalue weighted by atomic mass is 9.92. The van der Waals surface area contributed by atoms with Crippen LogP contribution in [0.5, 0.6) is 0 Å². The summed E-state index contributed by atoms with van der Waals surface area (Å²) in [6, 6.07) is 0.368. The van der Waals surface area contributed by atoms with E-state index >= 15 is 0 Å². The molecule has 0 aromatic rings. The molecule has 3 nitrogen and oxygen atoms in total. The predicted molar refractivity (Wildman–Crippen MR) is 83.6 cm³/mol. The lowest BCUT2D eigenvalue weighted by Crippen LogP contribution is -2.39. The molecule has 20 heavy (non-hydrogen) atoms. The van der Waals surface area contributed by atoms with Crippen LogP contribution in [-0.4, -0.2) is 47.9 Å². The fourth-order valence-electron chi connectivity index (χ4n) is 3.50. The van der Waals surface area contributed by atoms with Crippen LogP contribution in [0, 0.1) is 5.92 Å². The van der Waals surface area contributed by atoms with Gasteiger partial charge in [-0.05, 0) is 51.2 Å². The minimum Gasteiger partial charge on any atom is -0.333 e. The van der Waals surface area contributed by atoms with Crippen LogP contribution in [0.1, 0.15) is 52.4 Å². The molecule has 0 saturated carbocycles. The van der Waals surface area contributed by atoms with Crippen LogP contribution < -0.4 is 0 Å². The smallest absolute Gasteiger partial charge is 0.223 e.